The number of carbonyl (C=O) groups excluding carboxylic acids is 1. The van der Waals surface area contributed by atoms with Crippen molar-refractivity contribution >= 4 is 11.6 Å². The van der Waals surface area contributed by atoms with Crippen molar-refractivity contribution < 1.29 is 14.6 Å². The molecule has 2 aliphatic rings. The fraction of sp³-hybridized carbons (Fsp3) is 0.632. The van der Waals surface area contributed by atoms with Gasteiger partial charge in [-0.3, -0.25) is 4.79 Å². The first kappa shape index (κ1) is 17.4. The van der Waals surface area contributed by atoms with Gasteiger partial charge in [0.05, 0.1) is 6.61 Å². The quantitative estimate of drug-likeness (QED) is 0.839. The number of rotatable bonds is 6. The number of anilines is 1. The zero-order valence-electron chi connectivity index (χ0n) is 14.5. The van der Waals surface area contributed by atoms with Crippen LogP contribution in [0.4, 0.5) is 5.69 Å². The van der Waals surface area contributed by atoms with E-state index < -0.39 is 0 Å². The molecule has 0 aromatic heterocycles. The van der Waals surface area contributed by atoms with E-state index in [0.717, 1.165) is 51.3 Å². The molecule has 5 heteroatoms. The van der Waals surface area contributed by atoms with Crippen LogP contribution in [0.3, 0.4) is 0 Å². The highest BCUT2D eigenvalue weighted by Gasteiger charge is 2.32. The van der Waals surface area contributed by atoms with E-state index in [1.165, 1.54) is 5.56 Å². The van der Waals surface area contributed by atoms with Crippen LogP contribution in [0.25, 0.3) is 0 Å². The molecule has 1 aromatic carbocycles. The molecule has 0 aliphatic carbocycles. The summed E-state index contributed by atoms with van der Waals surface area (Å²) in [6.07, 6.45) is 3.38. The summed E-state index contributed by atoms with van der Waals surface area (Å²) in [5.74, 6) is 0.217. The fourth-order valence-electron chi connectivity index (χ4n) is 3.57. The zero-order chi connectivity index (χ0) is 17.0. The van der Waals surface area contributed by atoms with Gasteiger partial charge in [0.15, 0.2) is 0 Å². The molecule has 132 valence electrons. The van der Waals surface area contributed by atoms with Crippen molar-refractivity contribution in [1.29, 1.82) is 0 Å². The van der Waals surface area contributed by atoms with E-state index >= 15 is 0 Å². The minimum absolute atomic E-state index is 0.0744. The topological polar surface area (TPSA) is 61.8 Å². The molecule has 0 saturated carbocycles. The highest BCUT2D eigenvalue weighted by molar-refractivity contribution is 5.95. The van der Waals surface area contributed by atoms with Gasteiger partial charge in [-0.2, -0.15) is 0 Å². The van der Waals surface area contributed by atoms with Gasteiger partial charge in [0.2, 0.25) is 5.91 Å². The molecular formula is C19H28N2O3. The molecule has 2 heterocycles. The van der Waals surface area contributed by atoms with Crippen molar-refractivity contribution in [2.45, 2.75) is 38.6 Å². The maximum Gasteiger partial charge on any atom is 0.227 e. The number of ether oxygens (including phenoxy) is 1. The monoisotopic (exact) mass is 332 g/mol. The van der Waals surface area contributed by atoms with Crippen LogP contribution in [0.1, 0.15) is 44.2 Å². The number of aliphatic hydroxyl groups excluding tert-OH is 1. The molecule has 1 unspecified atom stereocenters. The smallest absolute Gasteiger partial charge is 0.227 e. The summed E-state index contributed by atoms with van der Waals surface area (Å²) in [6.45, 7) is 5.37. The first-order chi connectivity index (χ1) is 11.6. The lowest BCUT2D eigenvalue weighted by Crippen LogP contribution is -2.42. The Kier molecular flexibility index (Phi) is 5.54. The van der Waals surface area contributed by atoms with Crippen LogP contribution in [0.15, 0.2) is 24.3 Å². The first-order valence-corrected chi connectivity index (χ1v) is 8.96. The number of hydrogen-bond acceptors (Lipinski definition) is 4. The van der Waals surface area contributed by atoms with Crippen LogP contribution in [0, 0.1) is 5.41 Å². The third-order valence-corrected chi connectivity index (χ3v) is 5.43. The molecule has 24 heavy (non-hydrogen) atoms. The van der Waals surface area contributed by atoms with Crippen LogP contribution in [-0.2, 0) is 9.53 Å². The van der Waals surface area contributed by atoms with Gasteiger partial charge in [-0.1, -0.05) is 12.1 Å². The Morgan fingerprint density at radius 2 is 2.17 bits per heavy atom. The molecule has 2 saturated heterocycles. The number of aliphatic hydroxyl groups is 1. The number of nitrogens with one attached hydrogen (secondary N) is 1. The minimum Gasteiger partial charge on any atom is -0.396 e. The summed E-state index contributed by atoms with van der Waals surface area (Å²) < 4.78 is 5.42. The summed E-state index contributed by atoms with van der Waals surface area (Å²) in [6, 6.07) is 8.40. The Balaban J connectivity index is 1.64. The van der Waals surface area contributed by atoms with Gasteiger partial charge >= 0.3 is 0 Å². The average Bonchev–Trinajstić information content (AvgIpc) is 3.06. The summed E-state index contributed by atoms with van der Waals surface area (Å²) in [5, 5.41) is 13.4. The molecule has 5 nitrogen and oxygen atoms in total. The van der Waals surface area contributed by atoms with Gasteiger partial charge in [0.25, 0.3) is 0 Å². The molecule has 3 rings (SSSR count). The zero-order valence-corrected chi connectivity index (χ0v) is 14.5. The predicted octanol–water partition coefficient (Wildman–Crippen LogP) is 2.25. The molecule has 2 fully saturated rings. The van der Waals surface area contributed by atoms with E-state index in [1.54, 1.807) is 0 Å². The van der Waals surface area contributed by atoms with Crippen molar-refractivity contribution in [2.24, 2.45) is 5.41 Å². The average molecular weight is 332 g/mol. The number of amides is 1. The highest BCUT2D eigenvalue weighted by atomic mass is 16.5. The standard InChI is InChI=1S/C19H28N2O3/c1-15(20-13-19(14-22)7-10-24-11-8-19)16-4-2-5-17(12-16)21-9-3-6-18(21)23/h2,4-5,12,15,20,22H,3,6-11,13-14H2,1H3. The van der Waals surface area contributed by atoms with Crippen LogP contribution < -0.4 is 10.2 Å². The second-order valence-corrected chi connectivity index (χ2v) is 7.12. The Hall–Kier alpha value is -1.43. The van der Waals surface area contributed by atoms with Crippen LogP contribution >= 0.6 is 0 Å². The molecule has 1 atom stereocenters. The Bertz CT molecular complexity index is 569. The van der Waals surface area contributed by atoms with E-state index in [2.05, 4.69) is 24.4 Å². The number of nitrogens with zero attached hydrogens (tertiary/aromatic N) is 1. The maximum atomic E-state index is 11.9. The van der Waals surface area contributed by atoms with Crippen molar-refractivity contribution in [3.63, 3.8) is 0 Å². The number of hydrogen-bond donors (Lipinski definition) is 2. The van der Waals surface area contributed by atoms with Crippen molar-refractivity contribution in [2.75, 3.05) is 37.8 Å². The summed E-state index contributed by atoms with van der Waals surface area (Å²) in [5.41, 5.74) is 2.09. The molecule has 2 aliphatic heterocycles. The Morgan fingerprint density at radius 1 is 1.38 bits per heavy atom. The molecule has 1 amide bonds. The van der Waals surface area contributed by atoms with Crippen LogP contribution in [0.5, 0.6) is 0 Å². The Morgan fingerprint density at radius 3 is 2.83 bits per heavy atom. The molecule has 2 N–H and O–H groups in total. The van der Waals surface area contributed by atoms with E-state index in [0.29, 0.717) is 6.42 Å². The second-order valence-electron chi connectivity index (χ2n) is 7.12. The SMILES string of the molecule is CC(NCC1(CO)CCOCC1)c1cccc(N2CCCC2=O)c1. The van der Waals surface area contributed by atoms with Gasteiger partial charge in [-0.25, -0.2) is 0 Å². The number of carbonyl (C=O) groups is 1. The van der Waals surface area contributed by atoms with Crippen molar-refractivity contribution in [1.82, 2.24) is 5.32 Å². The normalized spacial score (nSPS) is 21.9. The Labute approximate surface area is 144 Å². The third kappa shape index (κ3) is 3.79. The van der Waals surface area contributed by atoms with E-state index in [1.807, 2.05) is 17.0 Å². The molecule has 0 bridgehead atoms. The summed E-state index contributed by atoms with van der Waals surface area (Å²) in [4.78, 5) is 13.8. The second kappa shape index (κ2) is 7.64. The van der Waals surface area contributed by atoms with Gasteiger partial charge in [0, 0.05) is 49.9 Å². The van der Waals surface area contributed by atoms with Crippen LogP contribution in [-0.4, -0.2) is 43.9 Å². The van der Waals surface area contributed by atoms with Gasteiger partial charge in [0.1, 0.15) is 0 Å². The predicted molar refractivity (Wildman–Crippen MR) is 94.0 cm³/mol. The lowest BCUT2D eigenvalue weighted by molar-refractivity contribution is -0.117. The summed E-state index contributed by atoms with van der Waals surface area (Å²) >= 11 is 0. The third-order valence-electron chi connectivity index (χ3n) is 5.43. The van der Waals surface area contributed by atoms with Crippen molar-refractivity contribution in [3.8, 4) is 0 Å². The van der Waals surface area contributed by atoms with Crippen LogP contribution in [0.2, 0.25) is 0 Å². The molecule has 0 radical (unpaired) electrons. The lowest BCUT2D eigenvalue weighted by atomic mass is 9.80. The van der Waals surface area contributed by atoms with Crippen molar-refractivity contribution in [3.05, 3.63) is 29.8 Å². The highest BCUT2D eigenvalue weighted by Crippen LogP contribution is 2.30. The lowest BCUT2D eigenvalue weighted by Gasteiger charge is -2.36. The molecule has 1 aromatic rings. The number of benzene rings is 1. The molecular weight excluding hydrogens is 304 g/mol. The van der Waals surface area contributed by atoms with E-state index in [4.69, 9.17) is 4.74 Å². The van der Waals surface area contributed by atoms with Gasteiger partial charge < -0.3 is 20.1 Å². The fourth-order valence-corrected chi connectivity index (χ4v) is 3.57. The van der Waals surface area contributed by atoms with E-state index in [-0.39, 0.29) is 24.0 Å². The van der Waals surface area contributed by atoms with E-state index in [9.17, 15) is 9.90 Å². The largest absolute Gasteiger partial charge is 0.396 e. The first-order valence-electron chi connectivity index (χ1n) is 8.96. The van der Waals surface area contributed by atoms with Gasteiger partial charge in [-0.15, -0.1) is 0 Å². The maximum absolute atomic E-state index is 11.9. The summed E-state index contributed by atoms with van der Waals surface area (Å²) in [7, 11) is 0. The molecule has 0 spiro atoms. The minimum atomic E-state index is -0.0744. The van der Waals surface area contributed by atoms with Gasteiger partial charge in [-0.05, 0) is 43.9 Å².